The summed E-state index contributed by atoms with van der Waals surface area (Å²) in [7, 11) is 3.97. The smallest absolute Gasteiger partial charge is 0.338 e. The number of nitrogens with zero attached hydrogens (tertiary/aromatic N) is 1. The summed E-state index contributed by atoms with van der Waals surface area (Å²) in [4.78, 5) is 13.7. The highest BCUT2D eigenvalue weighted by Gasteiger charge is 2.08. The third-order valence-corrected chi connectivity index (χ3v) is 2.60. The number of nitrogens with two attached hydrogens (primary N) is 1. The highest BCUT2D eigenvalue weighted by atomic mass is 79.9. The van der Waals surface area contributed by atoms with Gasteiger partial charge in [0.2, 0.25) is 0 Å². The Labute approximate surface area is 110 Å². The number of hydrogen-bond acceptors (Lipinski definition) is 4. The molecule has 0 atom stereocenters. The number of carbonyl (C=O) groups is 1. The van der Waals surface area contributed by atoms with Gasteiger partial charge in [0.05, 0.1) is 12.2 Å². The lowest BCUT2D eigenvalue weighted by molar-refractivity contribution is 0.0493. The number of hydrogen-bond donors (Lipinski definition) is 1. The molecule has 1 rings (SSSR count). The molecular weight excluding hydrogens is 284 g/mol. The molecule has 0 aromatic heterocycles. The summed E-state index contributed by atoms with van der Waals surface area (Å²) in [5.74, 6) is -0.336. The Balaban J connectivity index is 2.47. The predicted molar refractivity (Wildman–Crippen MR) is 72.0 cm³/mol. The maximum absolute atomic E-state index is 11.7. The lowest BCUT2D eigenvalue weighted by Gasteiger charge is -2.09. The molecule has 2 N–H and O–H groups in total. The molecule has 0 aliphatic carbocycles. The van der Waals surface area contributed by atoms with Crippen LogP contribution in [0.3, 0.4) is 0 Å². The summed E-state index contributed by atoms with van der Waals surface area (Å²) >= 11 is 3.29. The van der Waals surface area contributed by atoms with Crippen molar-refractivity contribution >= 4 is 27.6 Å². The Morgan fingerprint density at radius 1 is 1.41 bits per heavy atom. The average molecular weight is 301 g/mol. The van der Waals surface area contributed by atoms with Gasteiger partial charge >= 0.3 is 5.97 Å². The second kappa shape index (κ2) is 6.61. The van der Waals surface area contributed by atoms with Gasteiger partial charge in [-0.15, -0.1) is 0 Å². The molecule has 0 radical (unpaired) electrons. The average Bonchev–Trinajstić information content (AvgIpc) is 2.22. The third-order valence-electron chi connectivity index (χ3n) is 2.14. The third kappa shape index (κ3) is 5.19. The molecule has 5 heteroatoms. The van der Waals surface area contributed by atoms with Gasteiger partial charge in [0.1, 0.15) is 0 Å². The van der Waals surface area contributed by atoms with Gasteiger partial charge in [-0.2, -0.15) is 0 Å². The molecule has 0 heterocycles. The van der Waals surface area contributed by atoms with Crippen molar-refractivity contribution in [1.82, 2.24) is 4.90 Å². The van der Waals surface area contributed by atoms with Crippen LogP contribution < -0.4 is 5.73 Å². The first-order valence-corrected chi connectivity index (χ1v) is 6.16. The molecule has 0 spiro atoms. The minimum absolute atomic E-state index is 0.336. The molecule has 0 saturated carbocycles. The van der Waals surface area contributed by atoms with Gasteiger partial charge < -0.3 is 15.4 Å². The molecule has 94 valence electrons. The minimum Gasteiger partial charge on any atom is -0.462 e. The van der Waals surface area contributed by atoms with Crippen molar-refractivity contribution in [3.63, 3.8) is 0 Å². The Bertz CT molecular complexity index is 374. The zero-order chi connectivity index (χ0) is 12.8. The monoisotopic (exact) mass is 300 g/mol. The Morgan fingerprint density at radius 3 is 2.71 bits per heavy atom. The van der Waals surface area contributed by atoms with E-state index < -0.39 is 0 Å². The fourth-order valence-corrected chi connectivity index (χ4v) is 1.87. The summed E-state index contributed by atoms with van der Waals surface area (Å²) in [6.07, 6.45) is 0.822. The van der Waals surface area contributed by atoms with Gasteiger partial charge in [-0.3, -0.25) is 0 Å². The van der Waals surface area contributed by atoms with Gasteiger partial charge in [0.25, 0.3) is 0 Å². The molecule has 0 fully saturated rings. The van der Waals surface area contributed by atoms with Gasteiger partial charge in [-0.05, 0) is 38.7 Å². The van der Waals surface area contributed by atoms with Crippen LogP contribution in [0.5, 0.6) is 0 Å². The Kier molecular flexibility index (Phi) is 5.44. The molecule has 0 unspecified atom stereocenters. The first-order chi connectivity index (χ1) is 7.99. The van der Waals surface area contributed by atoms with E-state index in [9.17, 15) is 4.79 Å². The topological polar surface area (TPSA) is 55.6 Å². The number of nitrogen functional groups attached to an aromatic ring is 1. The van der Waals surface area contributed by atoms with Crippen LogP contribution in [0.1, 0.15) is 16.8 Å². The van der Waals surface area contributed by atoms with E-state index in [0.717, 1.165) is 17.4 Å². The van der Waals surface area contributed by atoms with Crippen molar-refractivity contribution in [2.24, 2.45) is 0 Å². The quantitative estimate of drug-likeness (QED) is 0.514. The summed E-state index contributed by atoms with van der Waals surface area (Å²) in [5, 5.41) is 0. The molecule has 0 aliphatic heterocycles. The standard InChI is InChI=1S/C12H17BrN2O2/c1-15(2)4-3-5-17-12(16)9-6-10(13)8-11(14)7-9/h6-8H,3-5,14H2,1-2H3. The van der Waals surface area contributed by atoms with Crippen LogP contribution >= 0.6 is 15.9 Å². The summed E-state index contributed by atoms with van der Waals surface area (Å²) in [6, 6.07) is 5.05. The van der Waals surface area contributed by atoms with E-state index in [1.165, 1.54) is 0 Å². The second-order valence-electron chi connectivity index (χ2n) is 4.07. The van der Waals surface area contributed by atoms with Crippen molar-refractivity contribution in [3.05, 3.63) is 28.2 Å². The van der Waals surface area contributed by atoms with E-state index in [0.29, 0.717) is 17.9 Å². The number of carbonyl (C=O) groups excluding carboxylic acids is 1. The highest BCUT2D eigenvalue weighted by molar-refractivity contribution is 9.10. The number of ether oxygens (including phenoxy) is 1. The largest absolute Gasteiger partial charge is 0.462 e. The SMILES string of the molecule is CN(C)CCCOC(=O)c1cc(N)cc(Br)c1. The number of halogens is 1. The zero-order valence-corrected chi connectivity index (χ0v) is 11.7. The van der Waals surface area contributed by atoms with Gasteiger partial charge in [-0.25, -0.2) is 4.79 Å². The van der Waals surface area contributed by atoms with Gasteiger partial charge in [0.15, 0.2) is 0 Å². The van der Waals surface area contributed by atoms with E-state index in [-0.39, 0.29) is 5.97 Å². The second-order valence-corrected chi connectivity index (χ2v) is 4.98. The fraction of sp³-hybridized carbons (Fsp3) is 0.417. The Morgan fingerprint density at radius 2 is 2.12 bits per heavy atom. The Hall–Kier alpha value is -1.07. The van der Waals surface area contributed by atoms with Crippen molar-refractivity contribution in [2.45, 2.75) is 6.42 Å². The molecule has 0 bridgehead atoms. The van der Waals surface area contributed by atoms with E-state index in [1.807, 2.05) is 19.0 Å². The molecule has 0 saturated heterocycles. The zero-order valence-electron chi connectivity index (χ0n) is 10.1. The molecule has 0 amide bonds. The van der Waals surface area contributed by atoms with Gasteiger partial charge in [-0.1, -0.05) is 15.9 Å². The lowest BCUT2D eigenvalue weighted by atomic mass is 10.2. The molecule has 1 aromatic carbocycles. The number of benzene rings is 1. The molecule has 17 heavy (non-hydrogen) atoms. The van der Waals surface area contributed by atoms with Crippen LogP contribution in [0.15, 0.2) is 22.7 Å². The summed E-state index contributed by atoms with van der Waals surface area (Å²) in [5.41, 5.74) is 6.66. The van der Waals surface area contributed by atoms with E-state index in [2.05, 4.69) is 15.9 Å². The maximum Gasteiger partial charge on any atom is 0.338 e. The fourth-order valence-electron chi connectivity index (χ4n) is 1.36. The number of esters is 1. The maximum atomic E-state index is 11.7. The van der Waals surface area contributed by atoms with Crippen LogP contribution in [0.25, 0.3) is 0 Å². The summed E-state index contributed by atoms with van der Waals surface area (Å²) < 4.78 is 5.92. The predicted octanol–water partition coefficient (Wildman–Crippen LogP) is 2.14. The van der Waals surface area contributed by atoms with Crippen molar-refractivity contribution in [3.8, 4) is 0 Å². The molecule has 0 aliphatic rings. The van der Waals surface area contributed by atoms with Crippen molar-refractivity contribution in [1.29, 1.82) is 0 Å². The first kappa shape index (κ1) is 14.0. The van der Waals surface area contributed by atoms with Crippen molar-refractivity contribution < 1.29 is 9.53 Å². The van der Waals surface area contributed by atoms with Crippen molar-refractivity contribution in [2.75, 3.05) is 33.0 Å². The first-order valence-electron chi connectivity index (χ1n) is 5.37. The lowest BCUT2D eigenvalue weighted by Crippen LogP contribution is -2.16. The minimum atomic E-state index is -0.336. The molecular formula is C12H17BrN2O2. The van der Waals surface area contributed by atoms with Gasteiger partial charge in [0, 0.05) is 16.7 Å². The number of rotatable bonds is 5. The van der Waals surface area contributed by atoms with Crippen LogP contribution in [0.4, 0.5) is 5.69 Å². The van der Waals surface area contributed by atoms with E-state index in [1.54, 1.807) is 18.2 Å². The summed E-state index contributed by atoms with van der Waals surface area (Å²) in [6.45, 7) is 1.32. The van der Waals surface area contributed by atoms with E-state index >= 15 is 0 Å². The number of anilines is 1. The molecule has 1 aromatic rings. The highest BCUT2D eigenvalue weighted by Crippen LogP contribution is 2.17. The van der Waals surface area contributed by atoms with Crippen LogP contribution in [0.2, 0.25) is 0 Å². The normalized spacial score (nSPS) is 10.6. The van der Waals surface area contributed by atoms with Crippen LogP contribution in [0, 0.1) is 0 Å². The van der Waals surface area contributed by atoms with E-state index in [4.69, 9.17) is 10.5 Å². The van der Waals surface area contributed by atoms with Crippen LogP contribution in [-0.4, -0.2) is 38.1 Å². The van der Waals surface area contributed by atoms with Crippen LogP contribution in [-0.2, 0) is 4.74 Å². The molecule has 4 nitrogen and oxygen atoms in total.